The molecular formula is C9H12ClNO2. The van der Waals surface area contributed by atoms with Crippen molar-refractivity contribution in [2.45, 2.75) is 12.6 Å². The highest BCUT2D eigenvalue weighted by atomic mass is 35.5. The van der Waals surface area contributed by atoms with Crippen LogP contribution >= 0.6 is 12.4 Å². The number of benzene rings is 1. The van der Waals surface area contributed by atoms with Gasteiger partial charge in [0.1, 0.15) is 5.75 Å². The van der Waals surface area contributed by atoms with Crippen molar-refractivity contribution in [3.8, 4) is 5.75 Å². The number of aliphatic hydroxyl groups excluding tert-OH is 1. The third-order valence-electron chi connectivity index (χ3n) is 2.14. The summed E-state index contributed by atoms with van der Waals surface area (Å²) in [4.78, 5) is 0. The Morgan fingerprint density at radius 1 is 1.38 bits per heavy atom. The molecule has 1 aromatic rings. The minimum atomic E-state index is -0.485. The predicted octanol–water partition coefficient (Wildman–Crippen LogP) is 0.951. The standard InChI is InChI=1S/C9H11NO2.ClH/c11-7-2-1-6-4-10-5-9(12)8(6)3-7;/h1-3,9-12H,4-5H2;1H. The summed E-state index contributed by atoms with van der Waals surface area (Å²) in [7, 11) is 0. The second-order valence-corrected chi connectivity index (χ2v) is 3.03. The fraction of sp³-hybridized carbons (Fsp3) is 0.333. The molecule has 3 nitrogen and oxygen atoms in total. The Labute approximate surface area is 82.8 Å². The van der Waals surface area contributed by atoms with E-state index in [1.165, 1.54) is 0 Å². The highest BCUT2D eigenvalue weighted by Crippen LogP contribution is 2.25. The average Bonchev–Trinajstić information content (AvgIpc) is 2.07. The molecule has 1 unspecified atom stereocenters. The Bertz CT molecular complexity index is 304. The number of hydrogen-bond donors (Lipinski definition) is 3. The summed E-state index contributed by atoms with van der Waals surface area (Å²) in [5, 5.41) is 21.8. The molecule has 1 aliphatic heterocycles. The number of phenols is 1. The van der Waals surface area contributed by atoms with E-state index in [1.54, 1.807) is 12.1 Å². The van der Waals surface area contributed by atoms with Crippen LogP contribution in [0.3, 0.4) is 0 Å². The highest BCUT2D eigenvalue weighted by Gasteiger charge is 2.17. The maximum absolute atomic E-state index is 9.51. The Morgan fingerprint density at radius 3 is 2.92 bits per heavy atom. The Kier molecular flexibility index (Phi) is 3.14. The van der Waals surface area contributed by atoms with Gasteiger partial charge >= 0.3 is 0 Å². The Hall–Kier alpha value is -0.770. The van der Waals surface area contributed by atoms with E-state index < -0.39 is 6.10 Å². The summed E-state index contributed by atoms with van der Waals surface area (Å²) < 4.78 is 0. The maximum atomic E-state index is 9.51. The van der Waals surface area contributed by atoms with Gasteiger partial charge in [0.2, 0.25) is 0 Å². The number of phenolic OH excluding ortho intramolecular Hbond substituents is 1. The topological polar surface area (TPSA) is 52.5 Å². The minimum absolute atomic E-state index is 0. The van der Waals surface area contributed by atoms with Crippen LogP contribution < -0.4 is 5.32 Å². The van der Waals surface area contributed by atoms with Crippen LogP contribution in [0.15, 0.2) is 18.2 Å². The van der Waals surface area contributed by atoms with E-state index in [-0.39, 0.29) is 18.2 Å². The second-order valence-electron chi connectivity index (χ2n) is 3.03. The van der Waals surface area contributed by atoms with Crippen molar-refractivity contribution in [3.63, 3.8) is 0 Å². The SMILES string of the molecule is Cl.Oc1ccc2c(c1)C(O)CNC2. The van der Waals surface area contributed by atoms with E-state index in [0.717, 1.165) is 17.7 Å². The van der Waals surface area contributed by atoms with E-state index in [0.29, 0.717) is 6.54 Å². The number of fused-ring (bicyclic) bond motifs is 1. The third kappa shape index (κ3) is 1.94. The minimum Gasteiger partial charge on any atom is -0.508 e. The van der Waals surface area contributed by atoms with Crippen LogP contribution in [0.5, 0.6) is 5.75 Å². The van der Waals surface area contributed by atoms with Gasteiger partial charge in [-0.3, -0.25) is 0 Å². The first-order chi connectivity index (χ1) is 5.77. The lowest BCUT2D eigenvalue weighted by molar-refractivity contribution is 0.164. The molecule has 1 aromatic carbocycles. The van der Waals surface area contributed by atoms with Gasteiger partial charge in [0.25, 0.3) is 0 Å². The lowest BCUT2D eigenvalue weighted by atomic mass is 9.99. The summed E-state index contributed by atoms with van der Waals surface area (Å²) in [6.07, 6.45) is -0.485. The van der Waals surface area contributed by atoms with E-state index in [9.17, 15) is 10.2 Å². The molecule has 0 aromatic heterocycles. The summed E-state index contributed by atoms with van der Waals surface area (Å²) in [5.74, 6) is 0.217. The van der Waals surface area contributed by atoms with Crippen molar-refractivity contribution < 1.29 is 10.2 Å². The number of hydrogen-bond acceptors (Lipinski definition) is 3. The van der Waals surface area contributed by atoms with E-state index in [4.69, 9.17) is 0 Å². The molecule has 0 bridgehead atoms. The first kappa shape index (κ1) is 10.3. The van der Waals surface area contributed by atoms with Crippen LogP contribution in [0.1, 0.15) is 17.2 Å². The van der Waals surface area contributed by atoms with Crippen LogP contribution in [0.2, 0.25) is 0 Å². The second kappa shape index (κ2) is 3.96. The zero-order chi connectivity index (χ0) is 8.55. The Morgan fingerprint density at radius 2 is 2.15 bits per heavy atom. The highest BCUT2D eigenvalue weighted by molar-refractivity contribution is 5.85. The molecule has 0 aliphatic carbocycles. The van der Waals surface area contributed by atoms with Gasteiger partial charge in [0.05, 0.1) is 6.10 Å². The van der Waals surface area contributed by atoms with Gasteiger partial charge in [-0.1, -0.05) is 6.07 Å². The van der Waals surface area contributed by atoms with E-state index in [2.05, 4.69) is 5.32 Å². The zero-order valence-corrected chi connectivity index (χ0v) is 7.84. The Balaban J connectivity index is 0.000000845. The van der Waals surface area contributed by atoms with Crippen molar-refractivity contribution in [2.24, 2.45) is 0 Å². The molecule has 0 saturated carbocycles. The predicted molar refractivity (Wildman–Crippen MR) is 52.0 cm³/mol. The van der Waals surface area contributed by atoms with Crippen molar-refractivity contribution in [1.82, 2.24) is 5.32 Å². The normalized spacial score (nSPS) is 20.2. The summed E-state index contributed by atoms with van der Waals surface area (Å²) in [6.45, 7) is 1.34. The maximum Gasteiger partial charge on any atom is 0.115 e. The molecule has 0 saturated heterocycles. The molecular weight excluding hydrogens is 190 g/mol. The summed E-state index contributed by atoms with van der Waals surface area (Å²) in [6, 6.07) is 5.10. The van der Waals surface area contributed by atoms with Gasteiger partial charge in [-0.05, 0) is 23.3 Å². The van der Waals surface area contributed by atoms with Crippen LogP contribution in [0.4, 0.5) is 0 Å². The molecule has 4 heteroatoms. The first-order valence-electron chi connectivity index (χ1n) is 3.98. The monoisotopic (exact) mass is 201 g/mol. The van der Waals surface area contributed by atoms with Gasteiger partial charge in [-0.2, -0.15) is 0 Å². The van der Waals surface area contributed by atoms with Crippen molar-refractivity contribution in [1.29, 1.82) is 0 Å². The quantitative estimate of drug-likeness (QED) is 0.586. The number of nitrogens with one attached hydrogen (secondary N) is 1. The van der Waals surface area contributed by atoms with Gasteiger partial charge < -0.3 is 15.5 Å². The molecule has 1 aliphatic rings. The molecule has 0 radical (unpaired) electrons. The van der Waals surface area contributed by atoms with Crippen LogP contribution in [-0.2, 0) is 6.54 Å². The molecule has 72 valence electrons. The van der Waals surface area contributed by atoms with Gasteiger partial charge in [-0.15, -0.1) is 12.4 Å². The molecule has 3 N–H and O–H groups in total. The number of β-amino-alcohol motifs (C(OH)–C–C–N with tert-alkyl or cyclic N) is 1. The molecule has 0 spiro atoms. The van der Waals surface area contributed by atoms with Crippen molar-refractivity contribution in [3.05, 3.63) is 29.3 Å². The fourth-order valence-corrected chi connectivity index (χ4v) is 1.51. The number of aliphatic hydroxyl groups is 1. The van der Waals surface area contributed by atoms with Crippen LogP contribution in [0.25, 0.3) is 0 Å². The lowest BCUT2D eigenvalue weighted by Crippen LogP contribution is -2.27. The largest absolute Gasteiger partial charge is 0.508 e. The van der Waals surface area contributed by atoms with Gasteiger partial charge in [0.15, 0.2) is 0 Å². The molecule has 13 heavy (non-hydrogen) atoms. The summed E-state index contributed by atoms with van der Waals surface area (Å²) in [5.41, 5.74) is 1.90. The molecule has 1 heterocycles. The first-order valence-corrected chi connectivity index (χ1v) is 3.98. The fourth-order valence-electron chi connectivity index (χ4n) is 1.51. The molecule has 0 fully saturated rings. The van der Waals surface area contributed by atoms with E-state index in [1.807, 2.05) is 6.07 Å². The average molecular weight is 202 g/mol. The molecule has 1 atom stereocenters. The van der Waals surface area contributed by atoms with Crippen LogP contribution in [-0.4, -0.2) is 16.8 Å². The van der Waals surface area contributed by atoms with Crippen molar-refractivity contribution in [2.75, 3.05) is 6.54 Å². The lowest BCUT2D eigenvalue weighted by Gasteiger charge is -2.22. The van der Waals surface area contributed by atoms with Gasteiger partial charge in [-0.25, -0.2) is 0 Å². The van der Waals surface area contributed by atoms with Crippen molar-refractivity contribution >= 4 is 12.4 Å². The zero-order valence-electron chi connectivity index (χ0n) is 7.03. The number of rotatable bonds is 0. The number of aromatic hydroxyl groups is 1. The third-order valence-corrected chi connectivity index (χ3v) is 2.14. The smallest absolute Gasteiger partial charge is 0.115 e. The number of halogens is 1. The molecule has 2 rings (SSSR count). The van der Waals surface area contributed by atoms with Gasteiger partial charge in [0, 0.05) is 13.1 Å². The summed E-state index contributed by atoms with van der Waals surface area (Å²) >= 11 is 0. The molecule has 0 amide bonds. The van der Waals surface area contributed by atoms with Crippen LogP contribution in [0, 0.1) is 0 Å². The van der Waals surface area contributed by atoms with E-state index >= 15 is 0 Å².